The van der Waals surface area contributed by atoms with Gasteiger partial charge < -0.3 is 20.9 Å². The normalized spacial score (nSPS) is 12.8. The second-order valence-corrected chi connectivity index (χ2v) is 8.02. The minimum Gasteiger partial charge on any atom is -0.352 e. The Hall–Kier alpha value is -3.35. The highest BCUT2D eigenvalue weighted by molar-refractivity contribution is 5.95. The SMILES string of the molecule is CC(C)NC(=O)Nc1ccc(C(=O)NCCCC(=O)N2CCc3ccccc3C2)cc1. The highest BCUT2D eigenvalue weighted by Crippen LogP contribution is 2.19. The molecular formula is C24H30N4O3. The molecule has 0 aliphatic carbocycles. The summed E-state index contributed by atoms with van der Waals surface area (Å²) in [7, 11) is 0. The van der Waals surface area contributed by atoms with E-state index in [9.17, 15) is 14.4 Å². The fourth-order valence-corrected chi connectivity index (χ4v) is 3.54. The van der Waals surface area contributed by atoms with Crippen molar-refractivity contribution in [1.29, 1.82) is 0 Å². The van der Waals surface area contributed by atoms with Crippen LogP contribution in [-0.4, -0.2) is 41.9 Å². The van der Waals surface area contributed by atoms with Gasteiger partial charge in [0, 0.05) is 43.3 Å². The van der Waals surface area contributed by atoms with E-state index in [-0.39, 0.29) is 23.9 Å². The minimum absolute atomic E-state index is 0.0441. The van der Waals surface area contributed by atoms with Crippen molar-refractivity contribution in [2.75, 3.05) is 18.4 Å². The Kier molecular flexibility index (Phi) is 7.65. The van der Waals surface area contributed by atoms with E-state index in [1.807, 2.05) is 30.9 Å². The van der Waals surface area contributed by atoms with Gasteiger partial charge in [-0.2, -0.15) is 0 Å². The van der Waals surface area contributed by atoms with Crippen LogP contribution < -0.4 is 16.0 Å². The molecule has 31 heavy (non-hydrogen) atoms. The number of carbonyl (C=O) groups is 3. The first-order valence-electron chi connectivity index (χ1n) is 10.7. The summed E-state index contributed by atoms with van der Waals surface area (Å²) < 4.78 is 0. The summed E-state index contributed by atoms with van der Waals surface area (Å²) in [6.45, 7) is 5.61. The lowest BCUT2D eigenvalue weighted by Gasteiger charge is -2.29. The van der Waals surface area contributed by atoms with Crippen molar-refractivity contribution >= 4 is 23.5 Å². The third-order valence-electron chi connectivity index (χ3n) is 5.16. The monoisotopic (exact) mass is 422 g/mol. The molecule has 0 fully saturated rings. The minimum atomic E-state index is -0.283. The summed E-state index contributed by atoms with van der Waals surface area (Å²) in [6, 6.07) is 14.7. The number of anilines is 1. The van der Waals surface area contributed by atoms with Gasteiger partial charge in [0.15, 0.2) is 0 Å². The summed E-state index contributed by atoms with van der Waals surface area (Å²) in [6.07, 6.45) is 1.90. The summed E-state index contributed by atoms with van der Waals surface area (Å²) >= 11 is 0. The van der Waals surface area contributed by atoms with E-state index in [2.05, 4.69) is 28.1 Å². The fraction of sp³-hybridized carbons (Fsp3) is 0.375. The van der Waals surface area contributed by atoms with Gasteiger partial charge in [-0.1, -0.05) is 24.3 Å². The number of fused-ring (bicyclic) bond motifs is 1. The molecule has 0 unspecified atom stereocenters. The number of benzene rings is 2. The third kappa shape index (κ3) is 6.57. The van der Waals surface area contributed by atoms with E-state index in [4.69, 9.17) is 0 Å². The molecule has 7 nitrogen and oxygen atoms in total. The maximum absolute atomic E-state index is 12.5. The molecule has 3 N–H and O–H groups in total. The molecule has 0 atom stereocenters. The van der Waals surface area contributed by atoms with Crippen LogP contribution in [-0.2, 0) is 17.8 Å². The first-order valence-corrected chi connectivity index (χ1v) is 10.7. The van der Waals surface area contributed by atoms with Crippen LogP contribution in [0.2, 0.25) is 0 Å². The standard InChI is InChI=1S/C24H30N4O3/c1-17(2)26-24(31)27-21-11-9-19(10-12-21)23(30)25-14-5-8-22(29)28-15-13-18-6-3-4-7-20(18)16-28/h3-4,6-7,9-12,17H,5,8,13-16H2,1-2H3,(H,25,30)(H2,26,27,31). The zero-order valence-electron chi connectivity index (χ0n) is 18.1. The summed E-state index contributed by atoms with van der Waals surface area (Å²) in [5.74, 6) is -0.0728. The number of nitrogens with zero attached hydrogens (tertiary/aromatic N) is 1. The Morgan fingerprint density at radius 1 is 1.00 bits per heavy atom. The lowest BCUT2D eigenvalue weighted by molar-refractivity contribution is -0.132. The molecule has 0 saturated carbocycles. The fourth-order valence-electron chi connectivity index (χ4n) is 3.54. The molecule has 1 heterocycles. The molecule has 0 aromatic heterocycles. The molecule has 4 amide bonds. The molecule has 3 rings (SSSR count). The Bertz CT molecular complexity index is 925. The van der Waals surface area contributed by atoms with Gasteiger partial charge in [-0.3, -0.25) is 9.59 Å². The van der Waals surface area contributed by atoms with Crippen LogP contribution >= 0.6 is 0 Å². The van der Waals surface area contributed by atoms with Gasteiger partial charge in [0.1, 0.15) is 0 Å². The van der Waals surface area contributed by atoms with Gasteiger partial charge in [0.25, 0.3) is 5.91 Å². The van der Waals surface area contributed by atoms with E-state index < -0.39 is 0 Å². The molecule has 2 aromatic carbocycles. The number of hydrogen-bond acceptors (Lipinski definition) is 3. The molecule has 2 aromatic rings. The number of urea groups is 1. The number of amides is 4. The molecule has 0 saturated heterocycles. The van der Waals surface area contributed by atoms with Crippen molar-refractivity contribution in [2.24, 2.45) is 0 Å². The number of rotatable bonds is 7. The molecule has 164 valence electrons. The molecule has 0 radical (unpaired) electrons. The maximum atomic E-state index is 12.5. The lowest BCUT2D eigenvalue weighted by atomic mass is 9.99. The van der Waals surface area contributed by atoms with E-state index in [0.29, 0.717) is 37.2 Å². The van der Waals surface area contributed by atoms with Crippen molar-refractivity contribution in [3.05, 3.63) is 65.2 Å². The first kappa shape index (κ1) is 22.3. The second-order valence-electron chi connectivity index (χ2n) is 8.02. The van der Waals surface area contributed by atoms with Crippen LogP contribution in [0.5, 0.6) is 0 Å². The molecule has 1 aliphatic heterocycles. The quantitative estimate of drug-likeness (QED) is 0.598. The average Bonchev–Trinajstić information content (AvgIpc) is 2.76. The van der Waals surface area contributed by atoms with Crippen molar-refractivity contribution in [1.82, 2.24) is 15.5 Å². The average molecular weight is 423 g/mol. The highest BCUT2D eigenvalue weighted by Gasteiger charge is 2.19. The van der Waals surface area contributed by atoms with Crippen LogP contribution in [0.1, 0.15) is 48.2 Å². The van der Waals surface area contributed by atoms with Gasteiger partial charge >= 0.3 is 6.03 Å². The Labute approximate surface area is 183 Å². The van der Waals surface area contributed by atoms with Crippen LogP contribution in [0.3, 0.4) is 0 Å². The molecule has 0 spiro atoms. The second kappa shape index (κ2) is 10.6. The Morgan fingerprint density at radius 3 is 2.42 bits per heavy atom. The Morgan fingerprint density at radius 2 is 1.71 bits per heavy atom. The largest absolute Gasteiger partial charge is 0.352 e. The predicted octanol–water partition coefficient (Wildman–Crippen LogP) is 3.31. The van der Waals surface area contributed by atoms with E-state index in [0.717, 1.165) is 13.0 Å². The van der Waals surface area contributed by atoms with Crippen LogP contribution in [0.4, 0.5) is 10.5 Å². The smallest absolute Gasteiger partial charge is 0.319 e. The maximum Gasteiger partial charge on any atom is 0.319 e. The van der Waals surface area contributed by atoms with Crippen LogP contribution in [0.15, 0.2) is 48.5 Å². The number of nitrogens with one attached hydrogen (secondary N) is 3. The van der Waals surface area contributed by atoms with Crippen LogP contribution in [0, 0.1) is 0 Å². The Balaban J connectivity index is 1.38. The summed E-state index contributed by atoms with van der Waals surface area (Å²) in [5, 5.41) is 8.31. The number of carbonyl (C=O) groups excluding carboxylic acids is 3. The molecule has 7 heteroatoms. The zero-order chi connectivity index (χ0) is 22.2. The van der Waals surface area contributed by atoms with Gasteiger partial charge in [0.2, 0.25) is 5.91 Å². The summed E-state index contributed by atoms with van der Waals surface area (Å²) in [5.41, 5.74) is 3.66. The van der Waals surface area contributed by atoms with Crippen LogP contribution in [0.25, 0.3) is 0 Å². The third-order valence-corrected chi connectivity index (χ3v) is 5.16. The number of hydrogen-bond donors (Lipinski definition) is 3. The van der Waals surface area contributed by atoms with Gasteiger partial charge in [-0.15, -0.1) is 0 Å². The summed E-state index contributed by atoms with van der Waals surface area (Å²) in [4.78, 5) is 38.4. The predicted molar refractivity (Wildman–Crippen MR) is 121 cm³/mol. The molecule has 0 bridgehead atoms. The van der Waals surface area contributed by atoms with E-state index in [1.165, 1.54) is 11.1 Å². The zero-order valence-corrected chi connectivity index (χ0v) is 18.1. The van der Waals surface area contributed by atoms with E-state index >= 15 is 0 Å². The van der Waals surface area contributed by atoms with Crippen molar-refractivity contribution in [3.8, 4) is 0 Å². The van der Waals surface area contributed by atoms with Crippen molar-refractivity contribution < 1.29 is 14.4 Å². The van der Waals surface area contributed by atoms with Gasteiger partial charge in [0.05, 0.1) is 0 Å². The molecular weight excluding hydrogens is 392 g/mol. The highest BCUT2D eigenvalue weighted by atomic mass is 16.2. The van der Waals surface area contributed by atoms with Gasteiger partial charge in [-0.25, -0.2) is 4.79 Å². The van der Waals surface area contributed by atoms with Gasteiger partial charge in [-0.05, 0) is 62.1 Å². The van der Waals surface area contributed by atoms with Crippen molar-refractivity contribution in [2.45, 2.75) is 45.7 Å². The lowest BCUT2D eigenvalue weighted by Crippen LogP contribution is -2.36. The topological polar surface area (TPSA) is 90.5 Å². The first-order chi connectivity index (χ1) is 14.9. The molecule has 1 aliphatic rings. The van der Waals surface area contributed by atoms with Crippen molar-refractivity contribution in [3.63, 3.8) is 0 Å². The van der Waals surface area contributed by atoms with E-state index in [1.54, 1.807) is 24.3 Å².